The summed E-state index contributed by atoms with van der Waals surface area (Å²) in [6.07, 6.45) is 5.09. The molecule has 142 valence electrons. The van der Waals surface area contributed by atoms with Gasteiger partial charge in [-0.2, -0.15) is 0 Å². The highest BCUT2D eigenvalue weighted by atomic mass is 14.0. The van der Waals surface area contributed by atoms with E-state index in [2.05, 4.69) is 81.9 Å². The molecule has 0 spiro atoms. The Morgan fingerprint density at radius 1 is 0.556 bits per heavy atom. The molecule has 0 aliphatic carbocycles. The van der Waals surface area contributed by atoms with Crippen LogP contribution in [0.4, 0.5) is 0 Å². The second kappa shape index (κ2) is 14.6. The highest BCUT2D eigenvalue weighted by molar-refractivity contribution is 5.77. The zero-order chi connectivity index (χ0) is 19.7. The third-order valence-corrected chi connectivity index (χ3v) is 4.13. The van der Waals surface area contributed by atoms with Crippen molar-refractivity contribution in [3.05, 3.63) is 114 Å². The van der Waals surface area contributed by atoms with Crippen molar-refractivity contribution in [2.75, 3.05) is 0 Å². The number of hydrogen-bond acceptors (Lipinski definition) is 0. The number of aryl methyl sites for hydroxylation is 1. The summed E-state index contributed by atoms with van der Waals surface area (Å²) in [6.45, 7) is 10.7. The highest BCUT2D eigenvalue weighted by Gasteiger charge is 1.99. The fraction of sp³-hybridized carbons (Fsp3) is 0.259. The van der Waals surface area contributed by atoms with E-state index in [4.69, 9.17) is 0 Å². The van der Waals surface area contributed by atoms with Crippen LogP contribution in [0.3, 0.4) is 0 Å². The van der Waals surface area contributed by atoms with Crippen molar-refractivity contribution < 1.29 is 0 Å². The zero-order valence-corrected chi connectivity index (χ0v) is 17.2. The molecule has 0 heterocycles. The van der Waals surface area contributed by atoms with E-state index >= 15 is 0 Å². The highest BCUT2D eigenvalue weighted by Crippen LogP contribution is 2.20. The monoisotopic (exact) mass is 358 g/mol. The average molecular weight is 359 g/mol. The van der Waals surface area contributed by atoms with E-state index in [0.29, 0.717) is 0 Å². The average Bonchev–Trinajstić information content (AvgIpc) is 2.76. The van der Waals surface area contributed by atoms with Gasteiger partial charge in [-0.3, -0.25) is 0 Å². The Bertz CT molecular complexity index is 668. The smallest absolute Gasteiger partial charge is 0.0183 e. The predicted molar refractivity (Wildman–Crippen MR) is 122 cm³/mol. The Morgan fingerprint density at radius 3 is 1.26 bits per heavy atom. The van der Waals surface area contributed by atoms with Crippen molar-refractivity contribution >= 4 is 5.57 Å². The summed E-state index contributed by atoms with van der Waals surface area (Å²) in [6, 6.07) is 31.0. The van der Waals surface area contributed by atoms with Gasteiger partial charge in [0.1, 0.15) is 0 Å². The first-order valence-electron chi connectivity index (χ1n) is 10.1. The van der Waals surface area contributed by atoms with Gasteiger partial charge in [-0.1, -0.05) is 138 Å². The largest absolute Gasteiger partial charge is 0.0906 e. The van der Waals surface area contributed by atoms with Gasteiger partial charge in [-0.25, -0.2) is 0 Å². The van der Waals surface area contributed by atoms with Crippen molar-refractivity contribution in [3.63, 3.8) is 0 Å². The Balaban J connectivity index is 0.000000241. The van der Waals surface area contributed by atoms with Gasteiger partial charge in [-0.05, 0) is 28.7 Å². The molecule has 0 aromatic heterocycles. The maximum absolute atomic E-state index is 4.10. The Labute approximate surface area is 166 Å². The normalized spacial score (nSPS) is 9.30. The molecule has 3 rings (SSSR count). The summed E-state index contributed by atoms with van der Waals surface area (Å²) in [7, 11) is 0. The molecule has 0 fully saturated rings. The molecule has 0 unspecified atom stereocenters. The first-order valence-corrected chi connectivity index (χ1v) is 10.1. The molecule has 0 saturated heterocycles. The minimum atomic E-state index is 1.08. The van der Waals surface area contributed by atoms with Crippen LogP contribution in [0.15, 0.2) is 97.6 Å². The lowest BCUT2D eigenvalue weighted by Crippen LogP contribution is -1.84. The Hall–Kier alpha value is -2.60. The van der Waals surface area contributed by atoms with Crippen LogP contribution in [0.2, 0.25) is 0 Å². The van der Waals surface area contributed by atoms with Gasteiger partial charge in [0.25, 0.3) is 0 Å². The fourth-order valence-corrected chi connectivity index (χ4v) is 2.38. The van der Waals surface area contributed by atoms with Crippen LogP contribution in [0, 0.1) is 0 Å². The summed E-state index contributed by atoms with van der Waals surface area (Å²) in [5.41, 5.74) is 4.88. The van der Waals surface area contributed by atoms with Crippen molar-refractivity contribution in [2.45, 2.75) is 46.5 Å². The van der Waals surface area contributed by atoms with Gasteiger partial charge in [0, 0.05) is 0 Å². The van der Waals surface area contributed by atoms with E-state index in [9.17, 15) is 0 Å². The number of rotatable bonds is 5. The molecular weight excluding hydrogens is 324 g/mol. The lowest BCUT2D eigenvalue weighted by atomic mass is 10.0. The van der Waals surface area contributed by atoms with Crippen molar-refractivity contribution in [3.8, 4) is 0 Å². The summed E-state index contributed by atoms with van der Waals surface area (Å²) < 4.78 is 0. The molecular formula is C27H34. The van der Waals surface area contributed by atoms with Crippen LogP contribution in [0.5, 0.6) is 0 Å². The summed E-state index contributed by atoms with van der Waals surface area (Å²) in [5, 5.41) is 0. The molecule has 0 heteroatoms. The SMILES string of the molecule is C=C(c1ccccc1)c1ccccc1.CCCC.CCCc1ccccc1. The van der Waals surface area contributed by atoms with Crippen molar-refractivity contribution in [1.29, 1.82) is 0 Å². The first-order chi connectivity index (χ1) is 13.2. The molecule has 0 atom stereocenters. The first kappa shape index (κ1) is 22.4. The van der Waals surface area contributed by atoms with E-state index in [1.165, 1.54) is 42.4 Å². The molecule has 0 aliphatic heterocycles. The van der Waals surface area contributed by atoms with Gasteiger partial charge in [0.2, 0.25) is 0 Å². The number of hydrogen-bond donors (Lipinski definition) is 0. The second-order valence-corrected chi connectivity index (χ2v) is 6.45. The minimum absolute atomic E-state index is 1.08. The van der Waals surface area contributed by atoms with Crippen molar-refractivity contribution in [1.82, 2.24) is 0 Å². The van der Waals surface area contributed by atoms with E-state index in [-0.39, 0.29) is 0 Å². The lowest BCUT2D eigenvalue weighted by Gasteiger charge is -2.04. The molecule has 0 aliphatic rings. The van der Waals surface area contributed by atoms with Gasteiger partial charge in [0.15, 0.2) is 0 Å². The molecule has 0 radical (unpaired) electrons. The summed E-state index contributed by atoms with van der Waals surface area (Å²) >= 11 is 0. The maximum Gasteiger partial charge on any atom is -0.0183 e. The van der Waals surface area contributed by atoms with E-state index in [1.807, 2.05) is 36.4 Å². The number of unbranched alkanes of at least 4 members (excludes halogenated alkanes) is 1. The molecule has 0 amide bonds. The lowest BCUT2D eigenvalue weighted by molar-refractivity contribution is 0.886. The fourth-order valence-electron chi connectivity index (χ4n) is 2.38. The minimum Gasteiger partial charge on any atom is -0.0906 e. The summed E-state index contributed by atoms with van der Waals surface area (Å²) in [4.78, 5) is 0. The van der Waals surface area contributed by atoms with Gasteiger partial charge < -0.3 is 0 Å². The van der Waals surface area contributed by atoms with Crippen LogP contribution >= 0.6 is 0 Å². The van der Waals surface area contributed by atoms with Crippen LogP contribution in [-0.2, 0) is 6.42 Å². The topological polar surface area (TPSA) is 0 Å². The van der Waals surface area contributed by atoms with Gasteiger partial charge in [-0.15, -0.1) is 0 Å². The molecule has 0 N–H and O–H groups in total. The summed E-state index contributed by atoms with van der Waals surface area (Å²) in [5.74, 6) is 0. The van der Waals surface area contributed by atoms with Crippen LogP contribution in [0.25, 0.3) is 5.57 Å². The Morgan fingerprint density at radius 2 is 0.926 bits per heavy atom. The second-order valence-electron chi connectivity index (χ2n) is 6.45. The van der Waals surface area contributed by atoms with Crippen LogP contribution in [0.1, 0.15) is 56.7 Å². The van der Waals surface area contributed by atoms with E-state index in [1.54, 1.807) is 0 Å². The van der Waals surface area contributed by atoms with Gasteiger partial charge in [0.05, 0.1) is 0 Å². The number of benzene rings is 3. The van der Waals surface area contributed by atoms with Crippen LogP contribution in [-0.4, -0.2) is 0 Å². The molecule has 3 aromatic rings. The van der Waals surface area contributed by atoms with E-state index < -0.39 is 0 Å². The van der Waals surface area contributed by atoms with Crippen LogP contribution < -0.4 is 0 Å². The van der Waals surface area contributed by atoms with Crippen molar-refractivity contribution in [2.24, 2.45) is 0 Å². The zero-order valence-electron chi connectivity index (χ0n) is 17.2. The predicted octanol–water partition coefficient (Wildman–Crippen LogP) is 8.19. The third-order valence-electron chi connectivity index (χ3n) is 4.13. The molecule has 27 heavy (non-hydrogen) atoms. The van der Waals surface area contributed by atoms with E-state index in [0.717, 1.165) is 5.57 Å². The molecule has 0 nitrogen and oxygen atoms in total. The third kappa shape index (κ3) is 9.61. The molecule has 0 saturated carbocycles. The molecule has 3 aromatic carbocycles. The van der Waals surface area contributed by atoms with Gasteiger partial charge >= 0.3 is 0 Å². The Kier molecular flexibility index (Phi) is 12.1. The maximum atomic E-state index is 4.10. The quantitative estimate of drug-likeness (QED) is 0.431. The standard InChI is InChI=1S/C14H12.C9H12.C4H10/c1-12(13-8-4-2-5-9-13)14-10-6-3-7-11-14;1-2-6-9-7-4-3-5-8-9;1-3-4-2/h2-11H,1H2;3-5,7-8H,2,6H2,1H3;3-4H2,1-2H3. The molecule has 0 bridgehead atoms.